The third kappa shape index (κ3) is 3.31. The van der Waals surface area contributed by atoms with Gasteiger partial charge in [0.15, 0.2) is 17.0 Å². The molecule has 8 nitrogen and oxygen atoms in total. The third-order valence-electron chi connectivity index (χ3n) is 5.28. The van der Waals surface area contributed by atoms with Crippen LogP contribution in [-0.2, 0) is 0 Å². The summed E-state index contributed by atoms with van der Waals surface area (Å²) in [6.07, 6.45) is 3.67. The summed E-state index contributed by atoms with van der Waals surface area (Å²) in [5.41, 5.74) is 1.70. The average Bonchev–Trinajstić information content (AvgIpc) is 3.19. The van der Waals surface area contributed by atoms with Gasteiger partial charge in [-0.1, -0.05) is 31.2 Å². The van der Waals surface area contributed by atoms with Gasteiger partial charge in [0.2, 0.25) is 0 Å². The Morgan fingerprint density at radius 3 is 2.69 bits per heavy atom. The molecule has 2 aromatic carbocycles. The van der Waals surface area contributed by atoms with Crippen LogP contribution in [0.15, 0.2) is 66.0 Å². The number of para-hydroxylation sites is 1. The Kier molecular flexibility index (Phi) is 5.11. The van der Waals surface area contributed by atoms with Gasteiger partial charge in [-0.05, 0) is 40.1 Å². The molecule has 0 spiro atoms. The molecular formula is C22H19FN7OP. The van der Waals surface area contributed by atoms with Crippen LogP contribution in [0.3, 0.4) is 0 Å². The summed E-state index contributed by atoms with van der Waals surface area (Å²) in [6, 6.07) is 13.2. The molecule has 3 heterocycles. The summed E-state index contributed by atoms with van der Waals surface area (Å²) in [7, 11) is 2.52. The number of nitrogens with one attached hydrogen (secondary N) is 1. The summed E-state index contributed by atoms with van der Waals surface area (Å²) in [4.78, 5) is 31.2. The smallest absolute Gasteiger partial charge is 0.269 e. The van der Waals surface area contributed by atoms with Crippen LogP contribution in [-0.4, -0.2) is 28.8 Å². The van der Waals surface area contributed by atoms with Crippen molar-refractivity contribution >= 4 is 37.3 Å². The van der Waals surface area contributed by atoms with Crippen LogP contribution in [0.25, 0.3) is 27.8 Å². The van der Waals surface area contributed by atoms with Gasteiger partial charge in [0.25, 0.3) is 5.56 Å². The Morgan fingerprint density at radius 1 is 1.09 bits per heavy atom. The van der Waals surface area contributed by atoms with Crippen LogP contribution < -0.4 is 10.9 Å². The molecule has 5 rings (SSSR count). The molecule has 0 fully saturated rings. The second kappa shape index (κ2) is 8.09. The minimum atomic E-state index is -0.597. The van der Waals surface area contributed by atoms with Crippen LogP contribution in [0.2, 0.25) is 0 Å². The standard InChI is InChI=1S/C22H19FN7OP/c1-2-15(27-19-18-21(25-11-24-19)29(32)12-26-18)20-28-16-10-6-9-14(23)17(16)22(31)30(20)13-7-4-3-5-8-13/h3-12,15H,2,32H2,1H3,(H,24,25,27). The quantitative estimate of drug-likeness (QED) is 0.412. The number of hydrogen-bond acceptors (Lipinski definition) is 6. The molecule has 1 N–H and O–H groups in total. The molecule has 2 unspecified atom stereocenters. The van der Waals surface area contributed by atoms with E-state index in [-0.39, 0.29) is 5.39 Å². The summed E-state index contributed by atoms with van der Waals surface area (Å²) in [6.45, 7) is 1.97. The Labute approximate surface area is 184 Å². The molecule has 0 aliphatic carbocycles. The number of nitrogens with zero attached hydrogens (tertiary/aromatic N) is 6. The zero-order valence-electron chi connectivity index (χ0n) is 17.1. The number of anilines is 1. The fourth-order valence-corrected chi connectivity index (χ4v) is 3.99. The Balaban J connectivity index is 1.73. The van der Waals surface area contributed by atoms with E-state index in [1.54, 1.807) is 34.9 Å². The monoisotopic (exact) mass is 447 g/mol. The molecule has 160 valence electrons. The number of benzene rings is 2. The summed E-state index contributed by atoms with van der Waals surface area (Å²) >= 11 is 0. The SMILES string of the molecule is CCC(Nc1ncnc2c1ncn2P)c1nc2cccc(F)c2c(=O)n1-c1ccccc1. The maximum Gasteiger partial charge on any atom is 0.269 e. The van der Waals surface area contributed by atoms with Crippen molar-refractivity contribution < 1.29 is 4.39 Å². The summed E-state index contributed by atoms with van der Waals surface area (Å²) in [5.74, 6) is 0.385. The van der Waals surface area contributed by atoms with E-state index in [0.29, 0.717) is 40.4 Å². The Bertz CT molecular complexity index is 1500. The normalized spacial score (nSPS) is 12.3. The average molecular weight is 447 g/mol. The second-order valence-corrected chi connectivity index (χ2v) is 7.79. The van der Waals surface area contributed by atoms with Crippen molar-refractivity contribution in [3.8, 4) is 5.69 Å². The van der Waals surface area contributed by atoms with Crippen molar-refractivity contribution in [2.75, 3.05) is 5.32 Å². The highest BCUT2D eigenvalue weighted by Gasteiger charge is 2.23. The van der Waals surface area contributed by atoms with Crippen LogP contribution in [0.4, 0.5) is 10.2 Å². The summed E-state index contributed by atoms with van der Waals surface area (Å²) < 4.78 is 17.8. The number of halogens is 1. The molecule has 2 atom stereocenters. The molecule has 0 saturated heterocycles. The lowest BCUT2D eigenvalue weighted by Gasteiger charge is -2.22. The van der Waals surface area contributed by atoms with Gasteiger partial charge in [-0.2, -0.15) is 0 Å². The maximum atomic E-state index is 14.6. The number of fused-ring (bicyclic) bond motifs is 2. The van der Waals surface area contributed by atoms with E-state index in [9.17, 15) is 9.18 Å². The van der Waals surface area contributed by atoms with E-state index in [1.807, 2.05) is 25.1 Å². The largest absolute Gasteiger partial charge is 0.358 e. The van der Waals surface area contributed by atoms with Gasteiger partial charge in [0.05, 0.1) is 17.2 Å². The van der Waals surface area contributed by atoms with E-state index in [0.717, 1.165) is 0 Å². The Hall–Kier alpha value is -3.71. The summed E-state index contributed by atoms with van der Waals surface area (Å²) in [5, 5.41) is 3.33. The van der Waals surface area contributed by atoms with Crippen molar-refractivity contribution in [3.05, 3.63) is 83.2 Å². The van der Waals surface area contributed by atoms with Crippen molar-refractivity contribution in [2.45, 2.75) is 19.4 Å². The van der Waals surface area contributed by atoms with Gasteiger partial charge in [0, 0.05) is 0 Å². The molecule has 0 bridgehead atoms. The highest BCUT2D eigenvalue weighted by atomic mass is 31.0. The first-order valence-electron chi connectivity index (χ1n) is 10.0. The van der Waals surface area contributed by atoms with Gasteiger partial charge in [-0.25, -0.2) is 24.3 Å². The fourth-order valence-electron chi connectivity index (χ4n) is 3.74. The van der Waals surface area contributed by atoms with Crippen LogP contribution in [0, 0.1) is 5.82 Å². The second-order valence-electron chi connectivity index (χ2n) is 7.23. The van der Waals surface area contributed by atoms with Gasteiger partial charge >= 0.3 is 0 Å². The molecule has 0 saturated carbocycles. The highest BCUT2D eigenvalue weighted by Crippen LogP contribution is 2.27. The number of rotatable bonds is 5. The van der Waals surface area contributed by atoms with E-state index < -0.39 is 17.4 Å². The van der Waals surface area contributed by atoms with Gasteiger partial charge in [0.1, 0.15) is 29.7 Å². The molecule has 32 heavy (non-hydrogen) atoms. The first-order chi connectivity index (χ1) is 15.6. The predicted molar refractivity (Wildman–Crippen MR) is 124 cm³/mol. The zero-order chi connectivity index (χ0) is 22.2. The van der Waals surface area contributed by atoms with Crippen LogP contribution in [0.5, 0.6) is 0 Å². The third-order valence-corrected chi connectivity index (χ3v) is 5.65. The molecule has 0 amide bonds. The first-order valence-corrected chi connectivity index (χ1v) is 10.6. The van der Waals surface area contributed by atoms with Gasteiger partial charge < -0.3 is 5.32 Å². The lowest BCUT2D eigenvalue weighted by atomic mass is 10.1. The first kappa shape index (κ1) is 20.2. The predicted octanol–water partition coefficient (Wildman–Crippen LogP) is 3.87. The number of imidazole rings is 1. The molecule has 0 aliphatic rings. The van der Waals surface area contributed by atoms with E-state index >= 15 is 0 Å². The minimum absolute atomic E-state index is 0.0406. The number of hydrogen-bond donors (Lipinski definition) is 1. The van der Waals surface area contributed by atoms with E-state index in [2.05, 4.69) is 29.7 Å². The minimum Gasteiger partial charge on any atom is -0.358 e. The van der Waals surface area contributed by atoms with Gasteiger partial charge in [-0.3, -0.25) is 13.7 Å². The van der Waals surface area contributed by atoms with Crippen molar-refractivity contribution in [1.82, 2.24) is 28.8 Å². The molecule has 3 aromatic heterocycles. The Morgan fingerprint density at radius 2 is 1.91 bits per heavy atom. The maximum absolute atomic E-state index is 14.6. The lowest BCUT2D eigenvalue weighted by molar-refractivity contribution is 0.630. The van der Waals surface area contributed by atoms with Crippen molar-refractivity contribution in [3.63, 3.8) is 0 Å². The van der Waals surface area contributed by atoms with Gasteiger partial charge in [-0.15, -0.1) is 0 Å². The fraction of sp³-hybridized carbons (Fsp3) is 0.136. The van der Waals surface area contributed by atoms with E-state index in [1.165, 1.54) is 17.0 Å². The molecule has 0 radical (unpaired) electrons. The van der Waals surface area contributed by atoms with Crippen molar-refractivity contribution in [2.24, 2.45) is 0 Å². The molecule has 10 heteroatoms. The van der Waals surface area contributed by atoms with Crippen LogP contribution >= 0.6 is 9.39 Å². The van der Waals surface area contributed by atoms with Crippen molar-refractivity contribution in [1.29, 1.82) is 0 Å². The molecule has 5 aromatic rings. The molecular weight excluding hydrogens is 428 g/mol. The zero-order valence-corrected chi connectivity index (χ0v) is 18.3. The topological polar surface area (TPSA) is 90.5 Å². The van der Waals surface area contributed by atoms with E-state index in [4.69, 9.17) is 4.98 Å². The highest BCUT2D eigenvalue weighted by molar-refractivity contribution is 7.14. The number of aromatic nitrogens is 6. The lowest BCUT2D eigenvalue weighted by Crippen LogP contribution is -2.28. The molecule has 0 aliphatic heterocycles. The van der Waals surface area contributed by atoms with Crippen LogP contribution in [0.1, 0.15) is 25.2 Å².